The van der Waals surface area contributed by atoms with Crippen molar-refractivity contribution in [1.29, 1.82) is 0 Å². The van der Waals surface area contributed by atoms with E-state index in [9.17, 15) is 19.5 Å². The number of fused-ring (bicyclic) bond motifs is 1. The van der Waals surface area contributed by atoms with Crippen LogP contribution in [-0.4, -0.2) is 33.6 Å². The Kier molecular flexibility index (Phi) is 3.04. The summed E-state index contributed by atoms with van der Waals surface area (Å²) in [6, 6.07) is 0. The van der Waals surface area contributed by atoms with Crippen molar-refractivity contribution in [2.45, 2.75) is 24.9 Å². The van der Waals surface area contributed by atoms with E-state index in [1.54, 1.807) is 6.08 Å². The van der Waals surface area contributed by atoms with Crippen LogP contribution in [-0.2, 0) is 14.4 Å². The fraction of sp³-hybridized carbons (Fsp3) is 0.417. The molecule has 2 unspecified atom stereocenters. The number of amides is 2. The molecule has 1 heterocycles. The molecule has 1 saturated heterocycles. The lowest BCUT2D eigenvalue weighted by molar-refractivity contribution is -0.137. The maximum absolute atomic E-state index is 11.5. The highest BCUT2D eigenvalue weighted by molar-refractivity contribution is 6.11. The highest BCUT2D eigenvalue weighted by atomic mass is 16.4. The van der Waals surface area contributed by atoms with E-state index < -0.39 is 29.3 Å². The molecule has 6 heteroatoms. The van der Waals surface area contributed by atoms with Gasteiger partial charge in [0, 0.05) is 6.42 Å². The number of hydrogen-bond acceptors (Lipinski definition) is 4. The van der Waals surface area contributed by atoms with Gasteiger partial charge in [-0.15, -0.1) is 0 Å². The molecule has 0 aromatic heterocycles. The Bertz CT molecular complexity index is 479. The van der Waals surface area contributed by atoms with Gasteiger partial charge in [0.2, 0.25) is 5.91 Å². The smallest absolute Gasteiger partial charge is 0.303 e. The van der Waals surface area contributed by atoms with Crippen LogP contribution in [0.1, 0.15) is 19.3 Å². The van der Waals surface area contributed by atoms with Crippen molar-refractivity contribution in [3.8, 4) is 0 Å². The third kappa shape index (κ3) is 2.06. The van der Waals surface area contributed by atoms with Crippen LogP contribution in [0.25, 0.3) is 0 Å². The van der Waals surface area contributed by atoms with E-state index in [2.05, 4.69) is 5.32 Å². The largest absolute Gasteiger partial charge is 0.481 e. The Balaban J connectivity index is 2.10. The highest BCUT2D eigenvalue weighted by Crippen LogP contribution is 2.33. The fourth-order valence-electron chi connectivity index (χ4n) is 2.17. The summed E-state index contributed by atoms with van der Waals surface area (Å²) in [7, 11) is 0. The van der Waals surface area contributed by atoms with Crippen LogP contribution in [0.3, 0.4) is 0 Å². The fourth-order valence-corrected chi connectivity index (χ4v) is 2.17. The van der Waals surface area contributed by atoms with Crippen LogP contribution < -0.4 is 5.32 Å². The van der Waals surface area contributed by atoms with Gasteiger partial charge in [-0.2, -0.15) is 0 Å². The van der Waals surface area contributed by atoms with Gasteiger partial charge in [-0.3, -0.25) is 19.7 Å². The number of allylic oxidation sites excluding steroid dienone is 2. The molecular formula is C12H13NO5. The molecule has 6 nitrogen and oxygen atoms in total. The zero-order chi connectivity index (χ0) is 13.3. The number of imide groups is 1. The number of carboxylic acid groups (broad SMARTS) is 1. The van der Waals surface area contributed by atoms with Crippen molar-refractivity contribution in [2.75, 3.05) is 0 Å². The maximum Gasteiger partial charge on any atom is 0.303 e. The summed E-state index contributed by atoms with van der Waals surface area (Å²) in [6.07, 6.45) is 5.37. The third-order valence-corrected chi connectivity index (χ3v) is 3.12. The van der Waals surface area contributed by atoms with E-state index in [1.165, 1.54) is 12.2 Å². The quantitative estimate of drug-likeness (QED) is 0.597. The van der Waals surface area contributed by atoms with E-state index in [0.29, 0.717) is 18.4 Å². The lowest BCUT2D eigenvalue weighted by Crippen LogP contribution is -2.41. The van der Waals surface area contributed by atoms with Crippen molar-refractivity contribution < 1.29 is 24.6 Å². The number of carboxylic acids is 1. The first kappa shape index (κ1) is 12.5. The molecule has 2 aliphatic rings. The van der Waals surface area contributed by atoms with Crippen molar-refractivity contribution >= 4 is 17.8 Å². The second kappa shape index (κ2) is 4.38. The zero-order valence-electron chi connectivity index (χ0n) is 9.55. The number of carbonyl (C=O) groups is 3. The Hall–Kier alpha value is -1.95. The third-order valence-electron chi connectivity index (χ3n) is 3.12. The predicted octanol–water partition coefficient (Wildman–Crippen LogP) is -0.259. The molecule has 2 atom stereocenters. The van der Waals surface area contributed by atoms with Crippen LogP contribution in [0, 0.1) is 5.92 Å². The summed E-state index contributed by atoms with van der Waals surface area (Å²) >= 11 is 0. The number of rotatable bonds is 4. The minimum absolute atomic E-state index is 0.0260. The average Bonchev–Trinajstić information content (AvgIpc) is 2.49. The topological polar surface area (TPSA) is 104 Å². The molecule has 3 N–H and O–H groups in total. The predicted molar refractivity (Wildman–Crippen MR) is 60.3 cm³/mol. The summed E-state index contributed by atoms with van der Waals surface area (Å²) in [6.45, 7) is 0. The van der Waals surface area contributed by atoms with Crippen molar-refractivity contribution in [2.24, 2.45) is 5.92 Å². The van der Waals surface area contributed by atoms with E-state index in [-0.39, 0.29) is 6.42 Å². The summed E-state index contributed by atoms with van der Waals surface area (Å²) in [4.78, 5) is 33.3. The molecule has 0 radical (unpaired) electrons. The molecule has 0 aromatic rings. The van der Waals surface area contributed by atoms with Gasteiger partial charge in [0.25, 0.3) is 5.91 Å². The molecule has 0 spiro atoms. The Morgan fingerprint density at radius 3 is 2.83 bits per heavy atom. The van der Waals surface area contributed by atoms with Crippen molar-refractivity contribution in [3.05, 3.63) is 23.8 Å². The summed E-state index contributed by atoms with van der Waals surface area (Å²) in [5.74, 6) is -3.01. The van der Waals surface area contributed by atoms with Gasteiger partial charge < -0.3 is 10.2 Å². The first-order valence-electron chi connectivity index (χ1n) is 5.63. The minimum atomic E-state index is -1.82. The van der Waals surface area contributed by atoms with Crippen LogP contribution in [0.2, 0.25) is 0 Å². The first-order chi connectivity index (χ1) is 8.43. The molecule has 96 valence electrons. The number of aliphatic hydroxyl groups is 1. The lowest BCUT2D eigenvalue weighted by atomic mass is 9.82. The number of hydrogen-bond donors (Lipinski definition) is 3. The Labute approximate surface area is 103 Å². The zero-order valence-corrected chi connectivity index (χ0v) is 9.55. The average molecular weight is 251 g/mol. The summed E-state index contributed by atoms with van der Waals surface area (Å²) < 4.78 is 0. The molecular weight excluding hydrogens is 238 g/mol. The molecule has 0 bridgehead atoms. The van der Waals surface area contributed by atoms with Crippen molar-refractivity contribution in [3.63, 3.8) is 0 Å². The van der Waals surface area contributed by atoms with E-state index in [0.717, 1.165) is 0 Å². The van der Waals surface area contributed by atoms with Gasteiger partial charge >= 0.3 is 5.97 Å². The molecule has 2 rings (SSSR count). The second-order valence-electron chi connectivity index (χ2n) is 4.45. The van der Waals surface area contributed by atoms with Gasteiger partial charge in [0.15, 0.2) is 5.60 Å². The standard InChI is InChI=1S/C12H13NO5/c14-9(15)3-1-2-7-4-5-8-10(16)13-11(17)12(8,18)6-7/h4-6,8,18H,1-3H2,(H,14,15)(H,13,16,17). The number of carbonyl (C=O) groups excluding carboxylic acids is 2. The first-order valence-corrected chi connectivity index (χ1v) is 5.63. The molecule has 0 saturated carbocycles. The lowest BCUT2D eigenvalue weighted by Gasteiger charge is -2.24. The van der Waals surface area contributed by atoms with Crippen LogP contribution in [0.15, 0.2) is 23.8 Å². The van der Waals surface area contributed by atoms with Crippen molar-refractivity contribution in [1.82, 2.24) is 5.32 Å². The maximum atomic E-state index is 11.5. The molecule has 2 amide bonds. The van der Waals surface area contributed by atoms with Crippen LogP contribution in [0.5, 0.6) is 0 Å². The minimum Gasteiger partial charge on any atom is -0.481 e. The van der Waals surface area contributed by atoms with Crippen LogP contribution in [0.4, 0.5) is 0 Å². The van der Waals surface area contributed by atoms with Crippen LogP contribution >= 0.6 is 0 Å². The van der Waals surface area contributed by atoms with E-state index in [1.807, 2.05) is 0 Å². The Morgan fingerprint density at radius 2 is 2.17 bits per heavy atom. The van der Waals surface area contributed by atoms with Gasteiger partial charge in [-0.1, -0.05) is 12.2 Å². The molecule has 0 aromatic carbocycles. The van der Waals surface area contributed by atoms with Gasteiger partial charge in [-0.05, 0) is 24.5 Å². The number of aliphatic carboxylic acids is 1. The van der Waals surface area contributed by atoms with Gasteiger partial charge in [0.1, 0.15) is 0 Å². The summed E-state index contributed by atoms with van der Waals surface area (Å²) in [5.41, 5.74) is -1.15. The normalized spacial score (nSPS) is 29.8. The SMILES string of the molecule is O=C(O)CCCC1=CC2(O)C(=O)NC(=O)C2C=C1. The molecule has 1 fully saturated rings. The molecule has 18 heavy (non-hydrogen) atoms. The highest BCUT2D eigenvalue weighted by Gasteiger charge is 2.52. The molecule has 1 aliphatic carbocycles. The van der Waals surface area contributed by atoms with E-state index in [4.69, 9.17) is 5.11 Å². The van der Waals surface area contributed by atoms with Gasteiger partial charge in [0.05, 0.1) is 5.92 Å². The number of nitrogens with one attached hydrogen (secondary N) is 1. The van der Waals surface area contributed by atoms with E-state index >= 15 is 0 Å². The van der Waals surface area contributed by atoms with Gasteiger partial charge in [-0.25, -0.2) is 0 Å². The summed E-state index contributed by atoms with van der Waals surface area (Å²) in [5, 5.41) is 20.8. The molecule has 1 aliphatic heterocycles. The second-order valence-corrected chi connectivity index (χ2v) is 4.45. The monoisotopic (exact) mass is 251 g/mol. The Morgan fingerprint density at radius 1 is 1.44 bits per heavy atom.